The Balaban J connectivity index is 1.59. The first-order valence-electron chi connectivity index (χ1n) is 18.1. The van der Waals surface area contributed by atoms with E-state index < -0.39 is 0 Å². The van der Waals surface area contributed by atoms with Crippen molar-refractivity contribution in [3.05, 3.63) is 70.6 Å². The molecule has 0 saturated carbocycles. The van der Waals surface area contributed by atoms with Gasteiger partial charge in [-0.25, -0.2) is 0 Å². The van der Waals surface area contributed by atoms with Crippen molar-refractivity contribution in [2.24, 2.45) is 0 Å². The van der Waals surface area contributed by atoms with E-state index in [0.29, 0.717) is 0 Å². The van der Waals surface area contributed by atoms with Crippen LogP contribution >= 0.6 is 11.3 Å². The Labute approximate surface area is 263 Å². The van der Waals surface area contributed by atoms with Gasteiger partial charge < -0.3 is 0 Å². The minimum absolute atomic E-state index is 0.175. The summed E-state index contributed by atoms with van der Waals surface area (Å²) in [6.07, 6.45) is 28.5. The smallest absolute Gasteiger partial charge is 0.0374 e. The summed E-state index contributed by atoms with van der Waals surface area (Å²) in [5.41, 5.74) is 9.50. The van der Waals surface area contributed by atoms with Crippen LogP contribution in [-0.2, 0) is 11.8 Å². The second-order valence-electron chi connectivity index (χ2n) is 13.2. The largest absolute Gasteiger partial charge is 0.144 e. The zero-order chi connectivity index (χ0) is 29.5. The molecule has 0 nitrogen and oxygen atoms in total. The molecule has 0 bridgehead atoms. The van der Waals surface area contributed by atoms with E-state index in [1.54, 1.807) is 16.7 Å². The topological polar surface area (TPSA) is 0 Å². The molecule has 1 aliphatic rings. The predicted octanol–water partition coefficient (Wildman–Crippen LogP) is 14.1. The molecular formula is C41H60S. The molecule has 0 saturated heterocycles. The summed E-state index contributed by atoms with van der Waals surface area (Å²) in [7, 11) is 0. The molecule has 0 unspecified atom stereocenters. The lowest BCUT2D eigenvalue weighted by molar-refractivity contribution is 0.398. The molecule has 230 valence electrons. The number of hydrogen-bond donors (Lipinski definition) is 0. The van der Waals surface area contributed by atoms with Gasteiger partial charge in [0, 0.05) is 10.3 Å². The lowest BCUT2D eigenvalue weighted by Crippen LogP contribution is -2.25. The summed E-state index contributed by atoms with van der Waals surface area (Å²) < 4.78 is 0. The van der Waals surface area contributed by atoms with Crippen LogP contribution in [0.5, 0.6) is 0 Å². The van der Waals surface area contributed by atoms with E-state index in [2.05, 4.69) is 74.7 Å². The fourth-order valence-corrected chi connectivity index (χ4v) is 8.51. The summed E-state index contributed by atoms with van der Waals surface area (Å²) in [4.78, 5) is 1.52. The average molecular weight is 585 g/mol. The Bertz CT molecular complexity index is 1150. The number of fused-ring (bicyclic) bond motifs is 3. The summed E-state index contributed by atoms with van der Waals surface area (Å²) in [5, 5.41) is 2.34. The van der Waals surface area contributed by atoms with Gasteiger partial charge in [-0.1, -0.05) is 166 Å². The molecule has 4 rings (SSSR count). The van der Waals surface area contributed by atoms with Crippen molar-refractivity contribution in [2.75, 3.05) is 0 Å². The van der Waals surface area contributed by atoms with E-state index in [0.717, 1.165) is 0 Å². The quantitative estimate of drug-likeness (QED) is 0.103. The Kier molecular flexibility index (Phi) is 14.2. The van der Waals surface area contributed by atoms with Crippen LogP contribution in [0.15, 0.2) is 53.9 Å². The number of benzene rings is 2. The van der Waals surface area contributed by atoms with Crippen LogP contribution < -0.4 is 0 Å². The first-order valence-corrected chi connectivity index (χ1v) is 18.9. The monoisotopic (exact) mass is 584 g/mol. The van der Waals surface area contributed by atoms with Crippen molar-refractivity contribution in [3.63, 3.8) is 0 Å². The molecule has 0 spiro atoms. The van der Waals surface area contributed by atoms with Crippen molar-refractivity contribution in [3.8, 4) is 21.6 Å². The van der Waals surface area contributed by atoms with E-state index >= 15 is 0 Å². The molecular weight excluding hydrogens is 525 g/mol. The summed E-state index contributed by atoms with van der Waals surface area (Å²) >= 11 is 1.96. The van der Waals surface area contributed by atoms with Gasteiger partial charge in [0.15, 0.2) is 0 Å². The Hall–Kier alpha value is -1.86. The van der Waals surface area contributed by atoms with Crippen molar-refractivity contribution < 1.29 is 0 Å². The van der Waals surface area contributed by atoms with Gasteiger partial charge >= 0.3 is 0 Å². The molecule has 3 aromatic rings. The molecule has 0 atom stereocenters. The average Bonchev–Trinajstić information content (AvgIpc) is 3.59. The third-order valence-corrected chi connectivity index (χ3v) is 11.0. The molecule has 1 aliphatic carbocycles. The SMILES string of the molecule is CCCCCCCCc1ccsc1-c1ccc2c(c1)C(CCCCCCCC)(CCCCCCCC)c1ccccc1-2. The highest BCUT2D eigenvalue weighted by atomic mass is 32.1. The highest BCUT2D eigenvalue weighted by molar-refractivity contribution is 7.13. The molecule has 2 aromatic carbocycles. The number of unbranched alkanes of at least 4 members (excludes halogenated alkanes) is 15. The molecule has 42 heavy (non-hydrogen) atoms. The van der Waals surface area contributed by atoms with Crippen molar-refractivity contribution >= 4 is 11.3 Å². The van der Waals surface area contributed by atoms with Crippen molar-refractivity contribution in [2.45, 2.75) is 161 Å². The lowest BCUT2D eigenvalue weighted by Gasteiger charge is -2.33. The molecule has 0 amide bonds. The molecule has 0 N–H and O–H groups in total. The predicted molar refractivity (Wildman–Crippen MR) is 189 cm³/mol. The van der Waals surface area contributed by atoms with Crippen LogP contribution in [0.25, 0.3) is 21.6 Å². The second-order valence-corrected chi connectivity index (χ2v) is 14.1. The summed E-state index contributed by atoms with van der Waals surface area (Å²) in [6, 6.07) is 19.5. The van der Waals surface area contributed by atoms with Gasteiger partial charge in [0.05, 0.1) is 0 Å². The molecule has 1 heterocycles. The standard InChI is InChI=1S/C41H60S/c1-4-7-10-13-16-19-24-34-29-32-42-40(34)35-27-28-37-36-25-20-21-26-38(36)41(39(37)33-35,30-22-17-14-11-8-5-2)31-23-18-15-12-9-6-3/h20-21,25-29,32-33H,4-19,22-24,30-31H2,1-3H3. The Morgan fingerprint density at radius 2 is 1.07 bits per heavy atom. The van der Waals surface area contributed by atoms with Crippen molar-refractivity contribution in [1.82, 2.24) is 0 Å². The van der Waals surface area contributed by atoms with Gasteiger partial charge in [0.1, 0.15) is 0 Å². The van der Waals surface area contributed by atoms with Crippen LogP contribution in [0.4, 0.5) is 0 Å². The highest BCUT2D eigenvalue weighted by Gasteiger charge is 2.42. The maximum absolute atomic E-state index is 2.65. The van der Waals surface area contributed by atoms with Crippen LogP contribution in [0.1, 0.15) is 166 Å². The Morgan fingerprint density at radius 1 is 0.524 bits per heavy atom. The third kappa shape index (κ3) is 8.62. The van der Waals surface area contributed by atoms with Gasteiger partial charge in [-0.3, -0.25) is 0 Å². The van der Waals surface area contributed by atoms with E-state index in [1.807, 2.05) is 11.3 Å². The summed E-state index contributed by atoms with van der Waals surface area (Å²) in [6.45, 7) is 6.96. The second kappa shape index (κ2) is 18.1. The maximum atomic E-state index is 2.65. The van der Waals surface area contributed by atoms with E-state index in [4.69, 9.17) is 0 Å². The molecule has 1 heteroatoms. The zero-order valence-electron chi connectivity index (χ0n) is 27.5. The fraction of sp³-hybridized carbons (Fsp3) is 0.610. The van der Waals surface area contributed by atoms with Gasteiger partial charge in [-0.05, 0) is 76.6 Å². The number of thiophene rings is 1. The normalized spacial score (nSPS) is 13.4. The van der Waals surface area contributed by atoms with Crippen LogP contribution in [0.3, 0.4) is 0 Å². The van der Waals surface area contributed by atoms with Gasteiger partial charge in [-0.15, -0.1) is 11.3 Å². The third-order valence-electron chi connectivity index (χ3n) is 9.99. The van der Waals surface area contributed by atoms with E-state index in [9.17, 15) is 0 Å². The van der Waals surface area contributed by atoms with E-state index in [-0.39, 0.29) is 5.41 Å². The molecule has 1 aromatic heterocycles. The minimum atomic E-state index is 0.175. The minimum Gasteiger partial charge on any atom is -0.144 e. The lowest BCUT2D eigenvalue weighted by atomic mass is 9.70. The van der Waals surface area contributed by atoms with Crippen LogP contribution in [0.2, 0.25) is 0 Å². The Morgan fingerprint density at radius 3 is 1.71 bits per heavy atom. The highest BCUT2D eigenvalue weighted by Crippen LogP contribution is 2.55. The van der Waals surface area contributed by atoms with Gasteiger partial charge in [0.25, 0.3) is 0 Å². The fourth-order valence-electron chi connectivity index (χ4n) is 7.56. The van der Waals surface area contributed by atoms with Crippen LogP contribution in [-0.4, -0.2) is 0 Å². The number of aryl methyl sites for hydroxylation is 1. The van der Waals surface area contributed by atoms with Crippen LogP contribution in [0, 0.1) is 0 Å². The van der Waals surface area contributed by atoms with E-state index in [1.165, 1.54) is 156 Å². The van der Waals surface area contributed by atoms with Crippen molar-refractivity contribution in [1.29, 1.82) is 0 Å². The first-order chi connectivity index (χ1) is 20.7. The number of rotatable bonds is 22. The summed E-state index contributed by atoms with van der Waals surface area (Å²) in [5.74, 6) is 0. The molecule has 0 aliphatic heterocycles. The molecule has 0 fully saturated rings. The zero-order valence-corrected chi connectivity index (χ0v) is 28.3. The maximum Gasteiger partial charge on any atom is 0.0374 e. The van der Waals surface area contributed by atoms with Gasteiger partial charge in [0.2, 0.25) is 0 Å². The first kappa shape index (κ1) is 33.0. The van der Waals surface area contributed by atoms with Gasteiger partial charge in [-0.2, -0.15) is 0 Å². The number of hydrogen-bond acceptors (Lipinski definition) is 1. The molecule has 0 radical (unpaired) electrons.